The van der Waals surface area contributed by atoms with E-state index in [9.17, 15) is 0 Å². The van der Waals surface area contributed by atoms with E-state index in [2.05, 4.69) is 9.88 Å². The molecule has 0 spiro atoms. The minimum atomic E-state index is 0.520. The maximum atomic E-state index is 5.86. The zero-order chi connectivity index (χ0) is 23.9. The molecule has 2 aromatic carbocycles. The lowest BCUT2D eigenvalue weighted by Crippen LogP contribution is -2.27. The van der Waals surface area contributed by atoms with Crippen molar-refractivity contribution < 1.29 is 14.2 Å². The van der Waals surface area contributed by atoms with E-state index >= 15 is 0 Å². The molecule has 4 aromatic rings. The number of methoxy groups -OCH3 is 2. The summed E-state index contributed by atoms with van der Waals surface area (Å²) in [4.78, 5) is 6.24. The van der Waals surface area contributed by atoms with Crippen molar-refractivity contribution in [3.63, 3.8) is 0 Å². The second-order valence-corrected chi connectivity index (χ2v) is 7.99. The number of nitrogens with zero attached hydrogens (tertiary/aromatic N) is 5. The third-order valence-electron chi connectivity index (χ3n) is 5.29. The number of pyridine rings is 1. The number of rotatable bonds is 10. The molecule has 9 heteroatoms. The molecule has 176 valence electrons. The Kier molecular flexibility index (Phi) is 7.56. The highest BCUT2D eigenvalue weighted by Gasteiger charge is 2.15. The van der Waals surface area contributed by atoms with E-state index in [4.69, 9.17) is 31.5 Å². The topological polar surface area (TPSA) is 66.6 Å². The van der Waals surface area contributed by atoms with Crippen LogP contribution in [0.4, 0.5) is 0 Å². The van der Waals surface area contributed by atoms with Gasteiger partial charge in [-0.25, -0.2) is 4.68 Å². The second-order valence-electron chi connectivity index (χ2n) is 7.62. The van der Waals surface area contributed by atoms with Crippen LogP contribution in [0.3, 0.4) is 0 Å². The first kappa shape index (κ1) is 23.5. The third-order valence-corrected chi connectivity index (χ3v) is 5.68. The standard InChI is InChI=1S/C25H27N5O3S/c1-28(16-17-33-23-10-8-22(32-3)9-11-23)18-29-25(34)30(20-4-6-21(31-2)7-5-20)24(27-29)19-12-14-26-15-13-19/h4-15H,16-18H2,1-3H3. The minimum Gasteiger partial charge on any atom is -0.497 e. The van der Waals surface area contributed by atoms with Crippen LogP contribution in [0.1, 0.15) is 0 Å². The maximum Gasteiger partial charge on any atom is 0.204 e. The molecule has 0 N–H and O–H groups in total. The van der Waals surface area contributed by atoms with E-state index < -0.39 is 0 Å². The Morgan fingerprint density at radius 3 is 2.06 bits per heavy atom. The highest BCUT2D eigenvalue weighted by molar-refractivity contribution is 7.71. The third kappa shape index (κ3) is 5.44. The predicted molar refractivity (Wildman–Crippen MR) is 133 cm³/mol. The van der Waals surface area contributed by atoms with Gasteiger partial charge in [-0.05, 0) is 79.9 Å². The number of hydrogen-bond donors (Lipinski definition) is 0. The maximum absolute atomic E-state index is 5.86. The van der Waals surface area contributed by atoms with Crippen LogP contribution >= 0.6 is 12.2 Å². The van der Waals surface area contributed by atoms with E-state index in [-0.39, 0.29) is 0 Å². The zero-order valence-corrected chi connectivity index (χ0v) is 20.2. The van der Waals surface area contributed by atoms with Gasteiger partial charge >= 0.3 is 0 Å². The van der Waals surface area contributed by atoms with Crippen LogP contribution in [0.15, 0.2) is 73.1 Å². The first-order valence-electron chi connectivity index (χ1n) is 10.8. The summed E-state index contributed by atoms with van der Waals surface area (Å²) >= 11 is 5.83. The molecular formula is C25H27N5O3S. The van der Waals surface area contributed by atoms with Gasteiger partial charge in [-0.1, -0.05) is 0 Å². The number of ether oxygens (including phenoxy) is 3. The first-order chi connectivity index (χ1) is 16.6. The van der Waals surface area contributed by atoms with Crippen molar-refractivity contribution >= 4 is 12.2 Å². The lowest BCUT2D eigenvalue weighted by molar-refractivity contribution is 0.198. The summed E-state index contributed by atoms with van der Waals surface area (Å²) in [6.07, 6.45) is 3.50. The summed E-state index contributed by atoms with van der Waals surface area (Å²) in [6, 6.07) is 19.2. The second kappa shape index (κ2) is 11.0. The average Bonchev–Trinajstić information content (AvgIpc) is 3.20. The van der Waals surface area contributed by atoms with Crippen molar-refractivity contribution in [3.8, 4) is 34.3 Å². The van der Waals surface area contributed by atoms with Crippen molar-refractivity contribution in [2.45, 2.75) is 6.67 Å². The molecule has 0 fully saturated rings. The zero-order valence-electron chi connectivity index (χ0n) is 19.4. The van der Waals surface area contributed by atoms with Crippen molar-refractivity contribution in [2.75, 3.05) is 34.4 Å². The molecule has 0 unspecified atom stereocenters. The van der Waals surface area contributed by atoms with Gasteiger partial charge in [-0.3, -0.25) is 14.5 Å². The van der Waals surface area contributed by atoms with Gasteiger partial charge in [0, 0.05) is 24.5 Å². The number of hydrogen-bond acceptors (Lipinski definition) is 7. The lowest BCUT2D eigenvalue weighted by atomic mass is 10.2. The predicted octanol–water partition coefficient (Wildman–Crippen LogP) is 4.45. The van der Waals surface area contributed by atoms with Crippen LogP contribution in [0.2, 0.25) is 0 Å². The summed E-state index contributed by atoms with van der Waals surface area (Å²) in [7, 11) is 5.30. The van der Waals surface area contributed by atoms with Crippen LogP contribution in [-0.4, -0.2) is 58.7 Å². The van der Waals surface area contributed by atoms with Gasteiger partial charge in [0.2, 0.25) is 4.77 Å². The van der Waals surface area contributed by atoms with Crippen LogP contribution in [0.25, 0.3) is 17.1 Å². The van der Waals surface area contributed by atoms with E-state index in [0.717, 1.165) is 34.3 Å². The summed E-state index contributed by atoms with van der Waals surface area (Å²) in [6.45, 7) is 1.76. The fraction of sp³-hybridized carbons (Fsp3) is 0.240. The van der Waals surface area contributed by atoms with Crippen molar-refractivity contribution in [1.29, 1.82) is 0 Å². The Morgan fingerprint density at radius 1 is 0.853 bits per heavy atom. The van der Waals surface area contributed by atoms with Gasteiger partial charge in [-0.2, -0.15) is 0 Å². The molecule has 0 radical (unpaired) electrons. The molecule has 0 saturated carbocycles. The molecule has 0 atom stereocenters. The number of aromatic nitrogens is 4. The summed E-state index contributed by atoms with van der Waals surface area (Å²) in [5.74, 6) is 3.14. The van der Waals surface area contributed by atoms with E-state index in [1.807, 2.05) is 77.0 Å². The lowest BCUT2D eigenvalue weighted by Gasteiger charge is -2.16. The number of benzene rings is 2. The van der Waals surface area contributed by atoms with Gasteiger partial charge in [0.25, 0.3) is 0 Å². The molecule has 4 rings (SSSR count). The Morgan fingerprint density at radius 2 is 1.44 bits per heavy atom. The van der Waals surface area contributed by atoms with Crippen molar-refractivity contribution in [1.82, 2.24) is 24.2 Å². The normalized spacial score (nSPS) is 10.9. The first-order valence-corrected chi connectivity index (χ1v) is 11.2. The molecular weight excluding hydrogens is 450 g/mol. The molecule has 2 heterocycles. The van der Waals surface area contributed by atoms with Gasteiger partial charge in [0.1, 0.15) is 23.9 Å². The SMILES string of the molecule is COc1ccc(OCCN(C)Cn2nc(-c3ccncc3)n(-c3ccc(OC)cc3)c2=S)cc1. The highest BCUT2D eigenvalue weighted by Crippen LogP contribution is 2.24. The monoisotopic (exact) mass is 477 g/mol. The molecule has 0 bridgehead atoms. The van der Waals surface area contributed by atoms with Crippen LogP contribution in [0, 0.1) is 4.77 Å². The van der Waals surface area contributed by atoms with Crippen LogP contribution < -0.4 is 14.2 Å². The summed E-state index contributed by atoms with van der Waals surface area (Å²) in [5.41, 5.74) is 1.84. The van der Waals surface area contributed by atoms with Crippen molar-refractivity contribution in [3.05, 3.63) is 77.8 Å². The van der Waals surface area contributed by atoms with Gasteiger partial charge in [0.15, 0.2) is 5.82 Å². The van der Waals surface area contributed by atoms with Crippen LogP contribution in [-0.2, 0) is 6.67 Å². The fourth-order valence-corrected chi connectivity index (χ4v) is 3.73. The Hall–Kier alpha value is -3.69. The minimum absolute atomic E-state index is 0.520. The molecule has 0 amide bonds. The fourth-order valence-electron chi connectivity index (χ4n) is 3.44. The summed E-state index contributed by atoms with van der Waals surface area (Å²) < 4.78 is 20.7. The Labute approximate surface area is 204 Å². The molecule has 34 heavy (non-hydrogen) atoms. The van der Waals surface area contributed by atoms with Gasteiger partial charge < -0.3 is 14.2 Å². The van der Waals surface area contributed by atoms with Gasteiger partial charge in [0.05, 0.1) is 26.6 Å². The molecule has 2 aromatic heterocycles. The Balaban J connectivity index is 1.52. The van der Waals surface area contributed by atoms with E-state index in [0.29, 0.717) is 24.6 Å². The molecule has 0 aliphatic carbocycles. The van der Waals surface area contributed by atoms with Crippen molar-refractivity contribution in [2.24, 2.45) is 0 Å². The average molecular weight is 478 g/mol. The quantitative estimate of drug-likeness (QED) is 0.313. The Bertz CT molecular complexity index is 1250. The van der Waals surface area contributed by atoms with Crippen LogP contribution in [0.5, 0.6) is 17.2 Å². The smallest absolute Gasteiger partial charge is 0.204 e. The van der Waals surface area contributed by atoms with E-state index in [1.54, 1.807) is 26.6 Å². The molecule has 0 aliphatic heterocycles. The van der Waals surface area contributed by atoms with E-state index in [1.165, 1.54) is 0 Å². The summed E-state index contributed by atoms with van der Waals surface area (Å²) in [5, 5.41) is 4.84. The number of likely N-dealkylation sites (N-methyl/N-ethyl adjacent to an activating group) is 1. The molecule has 8 nitrogen and oxygen atoms in total. The van der Waals surface area contributed by atoms with Gasteiger partial charge in [-0.15, -0.1) is 5.10 Å². The largest absolute Gasteiger partial charge is 0.497 e. The molecule has 0 aliphatic rings. The molecule has 0 saturated heterocycles. The highest BCUT2D eigenvalue weighted by atomic mass is 32.1.